The van der Waals surface area contributed by atoms with Crippen LogP contribution in [0.2, 0.25) is 0 Å². The summed E-state index contributed by atoms with van der Waals surface area (Å²) in [7, 11) is -4.05. The molecule has 1 atom stereocenters. The number of anilines is 3. The average Bonchev–Trinajstić information content (AvgIpc) is 2.69. The molecular weight excluding hydrogens is 544 g/mol. The van der Waals surface area contributed by atoms with Crippen LogP contribution in [-0.2, 0) is 10.2 Å². The highest BCUT2D eigenvalue weighted by molar-refractivity contribution is 14.1. The van der Waals surface area contributed by atoms with Crippen molar-refractivity contribution in [1.82, 2.24) is 9.62 Å². The Labute approximate surface area is 193 Å². The number of hydrogen-bond acceptors (Lipinski definition) is 4. The van der Waals surface area contributed by atoms with Crippen LogP contribution in [0.1, 0.15) is 26.7 Å². The van der Waals surface area contributed by atoms with Crippen molar-refractivity contribution in [2.75, 3.05) is 23.1 Å². The van der Waals surface area contributed by atoms with E-state index < -0.39 is 33.3 Å². The van der Waals surface area contributed by atoms with Gasteiger partial charge in [-0.2, -0.15) is 12.7 Å². The molecule has 0 bridgehead atoms. The molecule has 0 aliphatic carbocycles. The lowest BCUT2D eigenvalue weighted by Crippen LogP contribution is -2.51. The van der Waals surface area contributed by atoms with Crippen LogP contribution in [0.5, 0.6) is 0 Å². The molecule has 1 aliphatic heterocycles. The largest absolute Gasteiger partial charge is 0.349 e. The Balaban J connectivity index is 1.88. The zero-order valence-electron chi connectivity index (χ0n) is 17.1. The molecule has 11 heteroatoms. The highest BCUT2D eigenvalue weighted by atomic mass is 127. The van der Waals surface area contributed by atoms with Crippen LogP contribution in [0.4, 0.5) is 30.2 Å². The van der Waals surface area contributed by atoms with Crippen molar-refractivity contribution in [2.24, 2.45) is 0 Å². The van der Waals surface area contributed by atoms with Crippen molar-refractivity contribution < 1.29 is 21.6 Å². The van der Waals surface area contributed by atoms with Crippen molar-refractivity contribution in [1.29, 1.82) is 0 Å². The number of nitrogens with zero attached hydrogens (tertiary/aromatic N) is 1. The van der Waals surface area contributed by atoms with Gasteiger partial charge < -0.3 is 10.6 Å². The van der Waals surface area contributed by atoms with Gasteiger partial charge in [0.25, 0.3) is 0 Å². The van der Waals surface area contributed by atoms with Gasteiger partial charge in [0.15, 0.2) is 11.6 Å². The molecule has 0 amide bonds. The summed E-state index contributed by atoms with van der Waals surface area (Å²) in [5, 5.41) is 5.81. The van der Waals surface area contributed by atoms with E-state index in [1.54, 1.807) is 6.07 Å². The van der Waals surface area contributed by atoms with Crippen LogP contribution in [0, 0.1) is 21.0 Å². The van der Waals surface area contributed by atoms with Crippen LogP contribution < -0.4 is 15.4 Å². The Hall–Kier alpha value is -1.57. The third kappa shape index (κ3) is 6.02. The van der Waals surface area contributed by atoms with Gasteiger partial charge in [0, 0.05) is 28.7 Å². The first-order valence-corrected chi connectivity index (χ1v) is 12.3. The van der Waals surface area contributed by atoms with Crippen molar-refractivity contribution in [2.45, 2.75) is 38.8 Å². The van der Waals surface area contributed by atoms with Gasteiger partial charge in [-0.3, -0.25) is 4.72 Å². The van der Waals surface area contributed by atoms with E-state index in [-0.39, 0.29) is 30.0 Å². The Bertz CT molecular complexity index is 1050. The Morgan fingerprint density at radius 3 is 2.48 bits per heavy atom. The zero-order chi connectivity index (χ0) is 22.8. The summed E-state index contributed by atoms with van der Waals surface area (Å²) in [6, 6.07) is 6.30. The summed E-state index contributed by atoms with van der Waals surface area (Å²) < 4.78 is 72.8. The first kappa shape index (κ1) is 24.1. The second-order valence-electron chi connectivity index (χ2n) is 7.66. The lowest BCUT2D eigenvalue weighted by molar-refractivity contribution is 0.274. The van der Waals surface area contributed by atoms with Crippen LogP contribution in [0.3, 0.4) is 0 Å². The maximum atomic E-state index is 14.6. The van der Waals surface area contributed by atoms with E-state index >= 15 is 0 Å². The molecule has 6 nitrogen and oxygen atoms in total. The van der Waals surface area contributed by atoms with Crippen LogP contribution in [-0.4, -0.2) is 37.9 Å². The van der Waals surface area contributed by atoms with Crippen molar-refractivity contribution in [3.05, 3.63) is 51.4 Å². The van der Waals surface area contributed by atoms with Crippen molar-refractivity contribution >= 4 is 49.9 Å². The van der Waals surface area contributed by atoms with E-state index in [4.69, 9.17) is 0 Å². The topological polar surface area (TPSA) is 73.5 Å². The maximum Gasteiger partial charge on any atom is 0.301 e. The van der Waals surface area contributed by atoms with Gasteiger partial charge in [0.2, 0.25) is 0 Å². The van der Waals surface area contributed by atoms with Gasteiger partial charge in [-0.25, -0.2) is 13.2 Å². The molecule has 1 heterocycles. The molecule has 1 aliphatic rings. The fourth-order valence-corrected chi connectivity index (χ4v) is 5.23. The minimum Gasteiger partial charge on any atom is -0.349 e. The summed E-state index contributed by atoms with van der Waals surface area (Å²) >= 11 is 1.92. The highest BCUT2D eigenvalue weighted by Gasteiger charge is 2.30. The Kier molecular flexibility index (Phi) is 7.71. The molecule has 1 fully saturated rings. The first-order chi connectivity index (χ1) is 14.6. The van der Waals surface area contributed by atoms with Gasteiger partial charge in [-0.05, 0) is 65.8 Å². The molecule has 0 saturated carbocycles. The number of nitrogens with one attached hydrogen (secondary N) is 3. The second-order valence-corrected chi connectivity index (χ2v) is 10.6. The molecule has 31 heavy (non-hydrogen) atoms. The van der Waals surface area contributed by atoms with Crippen LogP contribution in [0.15, 0.2) is 30.3 Å². The number of piperidine rings is 1. The minimum absolute atomic E-state index is 0.00578. The van der Waals surface area contributed by atoms with E-state index in [1.807, 2.05) is 36.4 Å². The number of hydrogen-bond donors (Lipinski definition) is 3. The molecule has 3 N–H and O–H groups in total. The fraction of sp³-hybridized carbons (Fsp3) is 0.400. The number of benzene rings is 2. The standard InChI is InChI=1S/C20H24F3IN4O2S/c1-12(2)25-14-4-3-9-28(11-14)31(29,30)27-18-8-6-15(21)19(23)20(18)26-17-7-5-13(24)10-16(17)22/h5-8,10,12,14,25-27H,3-4,9,11H2,1-2H3. The molecule has 2 aromatic carbocycles. The molecule has 0 spiro atoms. The zero-order valence-corrected chi connectivity index (χ0v) is 20.0. The Morgan fingerprint density at radius 1 is 1.10 bits per heavy atom. The maximum absolute atomic E-state index is 14.6. The van der Waals surface area contributed by atoms with E-state index in [9.17, 15) is 21.6 Å². The smallest absolute Gasteiger partial charge is 0.301 e. The summed E-state index contributed by atoms with van der Waals surface area (Å²) in [6.45, 7) is 4.53. The van der Waals surface area contributed by atoms with Gasteiger partial charge in [-0.15, -0.1) is 0 Å². The Morgan fingerprint density at radius 2 is 1.81 bits per heavy atom. The van der Waals surface area contributed by atoms with E-state index in [0.29, 0.717) is 16.5 Å². The van der Waals surface area contributed by atoms with Crippen molar-refractivity contribution in [3.8, 4) is 0 Å². The van der Waals surface area contributed by atoms with Crippen LogP contribution >= 0.6 is 22.6 Å². The summed E-state index contributed by atoms with van der Waals surface area (Å²) in [6.07, 6.45) is 1.51. The molecule has 1 saturated heterocycles. The number of halogens is 4. The SMILES string of the molecule is CC(C)NC1CCCN(S(=O)(=O)Nc2ccc(F)c(F)c2Nc2ccc(I)cc2F)C1. The van der Waals surface area contributed by atoms with Gasteiger partial charge in [0.05, 0.1) is 11.4 Å². The lowest BCUT2D eigenvalue weighted by Gasteiger charge is -2.33. The van der Waals surface area contributed by atoms with E-state index in [1.165, 1.54) is 16.4 Å². The highest BCUT2D eigenvalue weighted by Crippen LogP contribution is 2.33. The monoisotopic (exact) mass is 568 g/mol. The third-order valence-electron chi connectivity index (χ3n) is 4.82. The van der Waals surface area contributed by atoms with E-state index in [2.05, 4.69) is 15.4 Å². The van der Waals surface area contributed by atoms with Gasteiger partial charge >= 0.3 is 10.2 Å². The van der Waals surface area contributed by atoms with Gasteiger partial charge in [-0.1, -0.05) is 13.8 Å². The summed E-state index contributed by atoms with van der Waals surface area (Å²) in [5.41, 5.74) is -0.808. The van der Waals surface area contributed by atoms with Crippen molar-refractivity contribution in [3.63, 3.8) is 0 Å². The van der Waals surface area contributed by atoms with E-state index in [0.717, 1.165) is 18.6 Å². The molecule has 2 aromatic rings. The predicted molar refractivity (Wildman–Crippen MR) is 124 cm³/mol. The summed E-state index contributed by atoms with van der Waals surface area (Å²) in [5.74, 6) is -3.17. The van der Waals surface area contributed by atoms with Gasteiger partial charge in [0.1, 0.15) is 11.5 Å². The molecule has 3 rings (SSSR count). The molecule has 1 unspecified atom stereocenters. The third-order valence-corrected chi connectivity index (χ3v) is 6.98. The quantitative estimate of drug-likeness (QED) is 0.428. The minimum atomic E-state index is -4.05. The molecular formula is C20H24F3IN4O2S. The molecule has 0 radical (unpaired) electrons. The normalized spacial score (nSPS) is 17.7. The average molecular weight is 568 g/mol. The molecule has 170 valence electrons. The molecule has 0 aromatic heterocycles. The van der Waals surface area contributed by atoms with Crippen LogP contribution in [0.25, 0.3) is 0 Å². The first-order valence-electron chi connectivity index (χ1n) is 9.81. The number of rotatable bonds is 7. The second kappa shape index (κ2) is 9.92. The predicted octanol–water partition coefficient (Wildman–Crippen LogP) is 4.57. The fourth-order valence-electron chi connectivity index (χ4n) is 3.46. The lowest BCUT2D eigenvalue weighted by atomic mass is 10.1. The summed E-state index contributed by atoms with van der Waals surface area (Å²) in [4.78, 5) is 0.